The third-order valence-corrected chi connectivity index (χ3v) is 2.96. The van der Waals surface area contributed by atoms with Crippen molar-refractivity contribution < 1.29 is 25.5 Å². The summed E-state index contributed by atoms with van der Waals surface area (Å²) in [6, 6.07) is 0. The van der Waals surface area contributed by atoms with Gasteiger partial charge in [-0.05, 0) is 5.92 Å². The molecule has 0 bridgehead atoms. The standard InChI is InChI=1S/C9H18O5/c1-3(2)4-5(10)7(12)9(14)8(13)6(4)11/h3-14H,1-2H3. The van der Waals surface area contributed by atoms with Gasteiger partial charge in [-0.1, -0.05) is 13.8 Å². The van der Waals surface area contributed by atoms with E-state index < -0.39 is 36.4 Å². The first-order valence-corrected chi connectivity index (χ1v) is 4.78. The number of aliphatic hydroxyl groups excluding tert-OH is 5. The molecule has 14 heavy (non-hydrogen) atoms. The number of hydrogen-bond donors (Lipinski definition) is 5. The fourth-order valence-electron chi connectivity index (χ4n) is 2.05. The highest BCUT2D eigenvalue weighted by Crippen LogP contribution is 2.31. The van der Waals surface area contributed by atoms with Crippen molar-refractivity contribution in [2.75, 3.05) is 0 Å². The summed E-state index contributed by atoms with van der Waals surface area (Å²) in [4.78, 5) is 0. The number of aliphatic hydroxyl groups is 5. The van der Waals surface area contributed by atoms with Gasteiger partial charge in [0.25, 0.3) is 0 Å². The lowest BCUT2D eigenvalue weighted by Gasteiger charge is -2.43. The molecule has 0 aliphatic heterocycles. The molecule has 1 aliphatic rings. The molecular weight excluding hydrogens is 188 g/mol. The van der Waals surface area contributed by atoms with Crippen LogP contribution in [-0.2, 0) is 0 Å². The van der Waals surface area contributed by atoms with Crippen LogP contribution in [0.4, 0.5) is 0 Å². The van der Waals surface area contributed by atoms with Crippen LogP contribution >= 0.6 is 0 Å². The first kappa shape index (κ1) is 11.9. The summed E-state index contributed by atoms with van der Waals surface area (Å²) in [7, 11) is 0. The molecule has 1 aliphatic carbocycles. The summed E-state index contributed by atoms with van der Waals surface area (Å²) in [5.41, 5.74) is 0. The van der Waals surface area contributed by atoms with Crippen molar-refractivity contribution in [3.05, 3.63) is 0 Å². The molecule has 0 spiro atoms. The van der Waals surface area contributed by atoms with Gasteiger partial charge < -0.3 is 25.5 Å². The van der Waals surface area contributed by atoms with Crippen molar-refractivity contribution in [3.63, 3.8) is 0 Å². The van der Waals surface area contributed by atoms with E-state index in [4.69, 9.17) is 0 Å². The summed E-state index contributed by atoms with van der Waals surface area (Å²) in [6.07, 6.45) is -6.71. The summed E-state index contributed by atoms with van der Waals surface area (Å²) >= 11 is 0. The van der Waals surface area contributed by atoms with Crippen LogP contribution < -0.4 is 0 Å². The minimum atomic E-state index is -1.49. The van der Waals surface area contributed by atoms with Gasteiger partial charge in [0, 0.05) is 5.92 Å². The first-order valence-electron chi connectivity index (χ1n) is 4.78. The fraction of sp³-hybridized carbons (Fsp3) is 1.00. The highest BCUT2D eigenvalue weighted by molar-refractivity contribution is 4.98. The molecule has 0 aromatic rings. The van der Waals surface area contributed by atoms with Gasteiger partial charge in [0.15, 0.2) is 0 Å². The lowest BCUT2D eigenvalue weighted by Crippen LogP contribution is -2.62. The van der Waals surface area contributed by atoms with Gasteiger partial charge in [0.05, 0.1) is 12.2 Å². The fourth-order valence-corrected chi connectivity index (χ4v) is 2.05. The SMILES string of the molecule is CC(C)C1C(O)C(O)C(O)C(O)C1O. The Balaban J connectivity index is 2.86. The Labute approximate surface area is 82.6 Å². The van der Waals surface area contributed by atoms with Crippen LogP contribution in [0.2, 0.25) is 0 Å². The average Bonchev–Trinajstić information content (AvgIpc) is 2.11. The zero-order valence-corrected chi connectivity index (χ0v) is 8.28. The first-order chi connectivity index (χ1) is 6.37. The topological polar surface area (TPSA) is 101 Å². The van der Waals surface area contributed by atoms with Crippen molar-refractivity contribution >= 4 is 0 Å². The third kappa shape index (κ3) is 1.78. The van der Waals surface area contributed by atoms with E-state index >= 15 is 0 Å². The maximum atomic E-state index is 9.59. The molecule has 5 heteroatoms. The summed E-state index contributed by atoms with van der Waals surface area (Å²) < 4.78 is 0. The summed E-state index contributed by atoms with van der Waals surface area (Å²) in [6.45, 7) is 3.54. The zero-order valence-electron chi connectivity index (χ0n) is 8.28. The quantitative estimate of drug-likeness (QED) is 0.344. The second-order valence-corrected chi connectivity index (χ2v) is 4.27. The Kier molecular flexibility index (Phi) is 3.49. The van der Waals surface area contributed by atoms with Crippen LogP contribution in [0.1, 0.15) is 13.8 Å². The van der Waals surface area contributed by atoms with Gasteiger partial charge in [0.2, 0.25) is 0 Å². The lowest BCUT2D eigenvalue weighted by molar-refractivity contribution is -0.211. The van der Waals surface area contributed by atoms with Crippen LogP contribution in [0.3, 0.4) is 0 Å². The number of rotatable bonds is 1. The Morgan fingerprint density at radius 2 is 0.929 bits per heavy atom. The molecular formula is C9H18O5. The maximum absolute atomic E-state index is 9.59. The Hall–Kier alpha value is -0.200. The van der Waals surface area contributed by atoms with Gasteiger partial charge in [-0.25, -0.2) is 0 Å². The van der Waals surface area contributed by atoms with Crippen LogP contribution in [0.5, 0.6) is 0 Å². The molecule has 5 nitrogen and oxygen atoms in total. The van der Waals surface area contributed by atoms with E-state index in [1.165, 1.54) is 0 Å². The summed E-state index contributed by atoms with van der Waals surface area (Å²) in [5.74, 6) is -0.708. The zero-order chi connectivity index (χ0) is 11.0. The van der Waals surface area contributed by atoms with E-state index in [1.807, 2.05) is 0 Å². The van der Waals surface area contributed by atoms with E-state index in [0.717, 1.165) is 0 Å². The molecule has 1 rings (SSSR count). The average molecular weight is 206 g/mol. The lowest BCUT2D eigenvalue weighted by atomic mass is 9.73. The van der Waals surface area contributed by atoms with Crippen molar-refractivity contribution in [2.24, 2.45) is 11.8 Å². The molecule has 84 valence electrons. The van der Waals surface area contributed by atoms with Crippen LogP contribution in [0.25, 0.3) is 0 Å². The Morgan fingerprint density at radius 3 is 1.21 bits per heavy atom. The third-order valence-electron chi connectivity index (χ3n) is 2.96. The van der Waals surface area contributed by atoms with Gasteiger partial charge in [-0.15, -0.1) is 0 Å². The van der Waals surface area contributed by atoms with E-state index in [1.54, 1.807) is 13.8 Å². The largest absolute Gasteiger partial charge is 0.390 e. The Bertz CT molecular complexity index is 180. The molecule has 0 aromatic heterocycles. The van der Waals surface area contributed by atoms with E-state index in [-0.39, 0.29) is 5.92 Å². The predicted molar refractivity (Wildman–Crippen MR) is 48.4 cm³/mol. The molecule has 0 aromatic carbocycles. The van der Waals surface area contributed by atoms with E-state index in [9.17, 15) is 25.5 Å². The monoisotopic (exact) mass is 206 g/mol. The highest BCUT2D eigenvalue weighted by atomic mass is 16.4. The maximum Gasteiger partial charge on any atom is 0.111 e. The molecule has 1 fully saturated rings. The molecule has 1 saturated carbocycles. The molecule has 0 heterocycles. The Morgan fingerprint density at radius 1 is 0.643 bits per heavy atom. The van der Waals surface area contributed by atoms with Gasteiger partial charge in [-0.3, -0.25) is 0 Å². The minimum Gasteiger partial charge on any atom is -0.390 e. The molecule has 4 unspecified atom stereocenters. The second-order valence-electron chi connectivity index (χ2n) is 4.27. The molecule has 4 atom stereocenters. The van der Waals surface area contributed by atoms with Gasteiger partial charge in [0.1, 0.15) is 18.3 Å². The molecule has 0 amide bonds. The van der Waals surface area contributed by atoms with Crippen molar-refractivity contribution in [3.8, 4) is 0 Å². The van der Waals surface area contributed by atoms with Crippen LogP contribution in [0.15, 0.2) is 0 Å². The smallest absolute Gasteiger partial charge is 0.111 e. The second kappa shape index (κ2) is 4.12. The molecule has 0 saturated heterocycles. The van der Waals surface area contributed by atoms with Gasteiger partial charge >= 0.3 is 0 Å². The molecule has 5 N–H and O–H groups in total. The normalized spacial score (nSPS) is 49.7. The van der Waals surface area contributed by atoms with Crippen LogP contribution in [0, 0.1) is 11.8 Å². The number of hydrogen-bond acceptors (Lipinski definition) is 5. The van der Waals surface area contributed by atoms with E-state index in [2.05, 4.69) is 0 Å². The van der Waals surface area contributed by atoms with E-state index in [0.29, 0.717) is 0 Å². The minimum absolute atomic E-state index is 0.0863. The predicted octanol–water partition coefficient (Wildman–Crippen LogP) is -1.92. The van der Waals surface area contributed by atoms with Gasteiger partial charge in [-0.2, -0.15) is 0 Å². The summed E-state index contributed by atoms with van der Waals surface area (Å²) in [5, 5.41) is 47.2. The van der Waals surface area contributed by atoms with Crippen LogP contribution in [-0.4, -0.2) is 56.1 Å². The van der Waals surface area contributed by atoms with Crippen molar-refractivity contribution in [1.82, 2.24) is 0 Å². The van der Waals surface area contributed by atoms with Crippen molar-refractivity contribution in [2.45, 2.75) is 44.4 Å². The highest BCUT2D eigenvalue weighted by Gasteiger charge is 2.48. The molecule has 0 radical (unpaired) electrons. The van der Waals surface area contributed by atoms with Crippen molar-refractivity contribution in [1.29, 1.82) is 0 Å².